The van der Waals surface area contributed by atoms with E-state index in [9.17, 15) is 9.59 Å². The van der Waals surface area contributed by atoms with Gasteiger partial charge in [-0.3, -0.25) is 9.59 Å². The van der Waals surface area contributed by atoms with Gasteiger partial charge in [-0.05, 0) is 30.2 Å². The molecule has 2 aromatic rings. The van der Waals surface area contributed by atoms with Gasteiger partial charge in [-0.15, -0.1) is 0 Å². The Morgan fingerprint density at radius 3 is 2.60 bits per heavy atom. The topological polar surface area (TPSA) is 64.6 Å². The van der Waals surface area contributed by atoms with Gasteiger partial charge in [0.1, 0.15) is 5.75 Å². The summed E-state index contributed by atoms with van der Waals surface area (Å²) in [6.45, 7) is 0.557. The van der Waals surface area contributed by atoms with Crippen molar-refractivity contribution in [2.75, 3.05) is 13.2 Å². The third-order valence-corrected chi connectivity index (χ3v) is 3.78. The highest BCUT2D eigenvalue weighted by molar-refractivity contribution is 9.10. The number of nitrogens with one attached hydrogen (secondary N) is 1. The summed E-state index contributed by atoms with van der Waals surface area (Å²) < 4.78 is 11.4. The van der Waals surface area contributed by atoms with Crippen LogP contribution in [0.3, 0.4) is 0 Å². The van der Waals surface area contributed by atoms with Gasteiger partial charge < -0.3 is 14.8 Å². The number of rotatable bonds is 9. The molecule has 0 radical (unpaired) electrons. The van der Waals surface area contributed by atoms with Gasteiger partial charge in [0, 0.05) is 17.4 Å². The Hall–Kier alpha value is -2.34. The van der Waals surface area contributed by atoms with Crippen LogP contribution in [0.4, 0.5) is 0 Å². The Balaban J connectivity index is 1.55. The predicted octanol–water partition coefficient (Wildman–Crippen LogP) is 3.47. The first-order valence-corrected chi connectivity index (χ1v) is 8.77. The fraction of sp³-hybridized carbons (Fsp3) is 0.263. The van der Waals surface area contributed by atoms with Gasteiger partial charge >= 0.3 is 5.97 Å². The summed E-state index contributed by atoms with van der Waals surface area (Å²) in [4.78, 5) is 23.3. The van der Waals surface area contributed by atoms with Crippen LogP contribution in [0.1, 0.15) is 18.4 Å². The van der Waals surface area contributed by atoms with Gasteiger partial charge in [-0.25, -0.2) is 0 Å². The molecule has 0 atom stereocenters. The highest BCUT2D eigenvalue weighted by Crippen LogP contribution is 2.17. The lowest BCUT2D eigenvalue weighted by Gasteiger charge is -2.08. The number of ether oxygens (including phenoxy) is 2. The maximum Gasteiger partial charge on any atom is 0.306 e. The van der Waals surface area contributed by atoms with E-state index in [1.165, 1.54) is 0 Å². The third-order valence-electron chi connectivity index (χ3n) is 3.29. The molecule has 0 saturated heterocycles. The van der Waals surface area contributed by atoms with Crippen LogP contribution in [0.2, 0.25) is 0 Å². The number of carbonyl (C=O) groups excluding carboxylic acids is 2. The number of esters is 1. The second kappa shape index (κ2) is 10.5. The van der Waals surface area contributed by atoms with E-state index < -0.39 is 5.97 Å². The largest absolute Gasteiger partial charge is 0.494 e. The molecule has 0 aliphatic rings. The van der Waals surface area contributed by atoms with Crippen LogP contribution in [0, 0.1) is 0 Å². The van der Waals surface area contributed by atoms with Gasteiger partial charge in [0.25, 0.3) is 5.91 Å². The minimum absolute atomic E-state index is 0.208. The van der Waals surface area contributed by atoms with Crippen LogP contribution in [0.15, 0.2) is 59.1 Å². The molecule has 0 fully saturated rings. The second-order valence-electron chi connectivity index (χ2n) is 5.33. The molecule has 0 aliphatic heterocycles. The zero-order chi connectivity index (χ0) is 17.9. The standard InChI is InChI=1S/C19H20BrNO4/c20-16-8-4-9-17(12-16)24-11-5-10-19(23)25-14-18(22)21-13-15-6-2-1-3-7-15/h1-4,6-9,12H,5,10-11,13-14H2,(H,21,22). The molecular weight excluding hydrogens is 386 g/mol. The molecule has 0 heterocycles. The molecule has 25 heavy (non-hydrogen) atoms. The Labute approximate surface area is 155 Å². The number of benzene rings is 2. The van der Waals surface area contributed by atoms with Gasteiger partial charge in [0.2, 0.25) is 0 Å². The molecule has 6 heteroatoms. The van der Waals surface area contributed by atoms with Crippen molar-refractivity contribution in [3.05, 3.63) is 64.6 Å². The molecule has 132 valence electrons. The molecule has 0 aliphatic carbocycles. The maximum absolute atomic E-state index is 11.7. The Morgan fingerprint density at radius 1 is 1.04 bits per heavy atom. The number of hydrogen-bond donors (Lipinski definition) is 1. The van der Waals surface area contributed by atoms with Crippen molar-refractivity contribution in [1.82, 2.24) is 5.32 Å². The van der Waals surface area contributed by atoms with E-state index in [-0.39, 0.29) is 18.9 Å². The Kier molecular flexibility index (Phi) is 7.98. The molecule has 0 bridgehead atoms. The lowest BCUT2D eigenvalue weighted by Crippen LogP contribution is -2.28. The molecule has 0 unspecified atom stereocenters. The first-order chi connectivity index (χ1) is 12.1. The van der Waals surface area contributed by atoms with Crippen LogP contribution in [0.5, 0.6) is 5.75 Å². The second-order valence-corrected chi connectivity index (χ2v) is 6.25. The van der Waals surface area contributed by atoms with Crippen LogP contribution < -0.4 is 10.1 Å². The van der Waals surface area contributed by atoms with E-state index in [0.29, 0.717) is 19.6 Å². The maximum atomic E-state index is 11.7. The quantitative estimate of drug-likeness (QED) is 0.512. The summed E-state index contributed by atoms with van der Waals surface area (Å²) >= 11 is 3.36. The molecule has 1 amide bonds. The lowest BCUT2D eigenvalue weighted by atomic mass is 10.2. The summed E-state index contributed by atoms with van der Waals surface area (Å²) in [7, 11) is 0. The normalized spacial score (nSPS) is 10.1. The van der Waals surface area contributed by atoms with E-state index in [0.717, 1.165) is 15.8 Å². The van der Waals surface area contributed by atoms with Gasteiger partial charge in [-0.2, -0.15) is 0 Å². The molecule has 5 nitrogen and oxygen atoms in total. The van der Waals surface area contributed by atoms with Crippen LogP contribution >= 0.6 is 15.9 Å². The van der Waals surface area contributed by atoms with Crippen molar-refractivity contribution in [3.8, 4) is 5.75 Å². The minimum atomic E-state index is -0.410. The first kappa shape index (κ1) is 19.0. The molecule has 2 rings (SSSR count). The third kappa shape index (κ3) is 7.85. The fourth-order valence-electron chi connectivity index (χ4n) is 2.03. The zero-order valence-electron chi connectivity index (χ0n) is 13.7. The fourth-order valence-corrected chi connectivity index (χ4v) is 2.41. The molecule has 2 aromatic carbocycles. The summed E-state index contributed by atoms with van der Waals surface area (Å²) in [5.74, 6) is 0.0123. The zero-order valence-corrected chi connectivity index (χ0v) is 15.3. The SMILES string of the molecule is O=C(COC(=O)CCCOc1cccc(Br)c1)NCc1ccccc1. The van der Waals surface area contributed by atoms with Gasteiger partial charge in [-0.1, -0.05) is 52.3 Å². The molecule has 0 saturated carbocycles. The van der Waals surface area contributed by atoms with E-state index in [4.69, 9.17) is 9.47 Å². The van der Waals surface area contributed by atoms with Gasteiger partial charge in [0.05, 0.1) is 6.61 Å². The summed E-state index contributed by atoms with van der Waals surface area (Å²) in [6, 6.07) is 17.0. The van der Waals surface area contributed by atoms with Crippen LogP contribution in [0.25, 0.3) is 0 Å². The van der Waals surface area contributed by atoms with Gasteiger partial charge in [0.15, 0.2) is 6.61 Å². The molecule has 1 N–H and O–H groups in total. The van der Waals surface area contributed by atoms with Crippen molar-refractivity contribution < 1.29 is 19.1 Å². The number of hydrogen-bond acceptors (Lipinski definition) is 4. The van der Waals surface area contributed by atoms with Crippen LogP contribution in [-0.4, -0.2) is 25.1 Å². The smallest absolute Gasteiger partial charge is 0.306 e. The lowest BCUT2D eigenvalue weighted by molar-refractivity contribution is -0.148. The number of amides is 1. The minimum Gasteiger partial charge on any atom is -0.494 e. The average Bonchev–Trinajstić information content (AvgIpc) is 2.63. The van der Waals surface area contributed by atoms with E-state index in [1.54, 1.807) is 0 Å². The van der Waals surface area contributed by atoms with E-state index in [1.807, 2.05) is 54.6 Å². The number of carbonyl (C=O) groups is 2. The predicted molar refractivity (Wildman–Crippen MR) is 98.1 cm³/mol. The van der Waals surface area contributed by atoms with Crippen molar-refractivity contribution >= 4 is 27.8 Å². The Morgan fingerprint density at radius 2 is 1.84 bits per heavy atom. The highest BCUT2D eigenvalue weighted by atomic mass is 79.9. The van der Waals surface area contributed by atoms with Crippen molar-refractivity contribution in [2.45, 2.75) is 19.4 Å². The Bertz CT molecular complexity index is 691. The molecular formula is C19H20BrNO4. The monoisotopic (exact) mass is 405 g/mol. The molecule has 0 aromatic heterocycles. The number of halogens is 1. The summed E-state index contributed by atoms with van der Waals surface area (Å²) in [6.07, 6.45) is 0.733. The van der Waals surface area contributed by atoms with E-state index >= 15 is 0 Å². The first-order valence-electron chi connectivity index (χ1n) is 7.98. The van der Waals surface area contributed by atoms with Crippen molar-refractivity contribution in [2.24, 2.45) is 0 Å². The average molecular weight is 406 g/mol. The van der Waals surface area contributed by atoms with Crippen LogP contribution in [-0.2, 0) is 20.9 Å². The van der Waals surface area contributed by atoms with Crippen molar-refractivity contribution in [1.29, 1.82) is 0 Å². The van der Waals surface area contributed by atoms with Crippen molar-refractivity contribution in [3.63, 3.8) is 0 Å². The summed E-state index contributed by atoms with van der Waals surface area (Å²) in [5.41, 5.74) is 0.992. The van der Waals surface area contributed by atoms with E-state index in [2.05, 4.69) is 21.2 Å². The molecule has 0 spiro atoms. The summed E-state index contributed by atoms with van der Waals surface area (Å²) in [5, 5.41) is 2.70. The highest BCUT2D eigenvalue weighted by Gasteiger charge is 2.07.